The maximum atomic E-state index is 12.7. The molecule has 0 atom stereocenters. The number of H-pyrrole nitrogens is 1. The number of hydrogen-bond donors (Lipinski definition) is 4. The number of sulfonamides is 1. The fourth-order valence-electron chi connectivity index (χ4n) is 2.75. The number of carbonyl (C=O) groups excluding carboxylic acids is 1. The summed E-state index contributed by atoms with van der Waals surface area (Å²) in [5.74, 6) is -1.22. The van der Waals surface area contributed by atoms with Crippen molar-refractivity contribution in [2.45, 2.75) is 4.90 Å². The van der Waals surface area contributed by atoms with E-state index in [0.29, 0.717) is 5.52 Å². The fourth-order valence-corrected chi connectivity index (χ4v) is 4.15. The first-order valence-corrected chi connectivity index (χ1v) is 9.04. The van der Waals surface area contributed by atoms with Crippen molar-refractivity contribution in [3.8, 4) is 0 Å². The zero-order valence-corrected chi connectivity index (χ0v) is 14.6. The van der Waals surface area contributed by atoms with Crippen molar-refractivity contribution in [1.82, 2.24) is 24.2 Å². The molecule has 27 heavy (non-hydrogen) atoms. The molecule has 2 aromatic heterocycles. The van der Waals surface area contributed by atoms with Crippen LogP contribution in [0.5, 0.6) is 0 Å². The highest BCUT2D eigenvalue weighted by atomic mass is 32.2. The summed E-state index contributed by atoms with van der Waals surface area (Å²) < 4.78 is 26.0. The first-order valence-electron chi connectivity index (χ1n) is 7.60. The minimum absolute atomic E-state index is 0.0212. The summed E-state index contributed by atoms with van der Waals surface area (Å²) in [5, 5.41) is 12.9. The van der Waals surface area contributed by atoms with E-state index in [4.69, 9.17) is 5.73 Å². The average Bonchev–Trinajstić information content (AvgIpc) is 3.04. The van der Waals surface area contributed by atoms with Crippen LogP contribution in [0.1, 0.15) is 5.56 Å². The number of nitrogen functional groups attached to an aromatic ring is 1. The monoisotopic (exact) mass is 387 g/mol. The third kappa shape index (κ3) is 2.45. The van der Waals surface area contributed by atoms with Crippen molar-refractivity contribution < 1.29 is 18.3 Å². The molecule has 0 bridgehead atoms. The van der Waals surface area contributed by atoms with Crippen LogP contribution in [-0.2, 0) is 14.8 Å². The van der Waals surface area contributed by atoms with Gasteiger partial charge in [0.1, 0.15) is 11.8 Å². The van der Waals surface area contributed by atoms with Crippen LogP contribution in [0, 0.1) is 0 Å². The Labute approximate surface area is 152 Å². The van der Waals surface area contributed by atoms with Gasteiger partial charge in [0.25, 0.3) is 15.9 Å². The van der Waals surface area contributed by atoms with Crippen molar-refractivity contribution in [3.63, 3.8) is 0 Å². The Morgan fingerprint density at radius 3 is 2.78 bits per heavy atom. The van der Waals surface area contributed by atoms with E-state index in [9.17, 15) is 18.3 Å². The molecule has 1 amide bonds. The molecule has 0 spiro atoms. The fraction of sp³-hybridized carbons (Fsp3) is 0.0667. The Bertz CT molecular complexity index is 1230. The zero-order chi connectivity index (χ0) is 19.3. The van der Waals surface area contributed by atoms with Gasteiger partial charge in [-0.2, -0.15) is 4.98 Å². The summed E-state index contributed by atoms with van der Waals surface area (Å²) in [6, 6.07) is 5.86. The predicted octanol–water partition coefficient (Wildman–Crippen LogP) is 0.434. The normalized spacial score (nSPS) is 15.7. The second-order valence-corrected chi connectivity index (χ2v) is 7.60. The molecule has 12 heteroatoms. The third-order valence-corrected chi connectivity index (χ3v) is 5.90. The highest BCUT2D eigenvalue weighted by molar-refractivity contribution is 7.89. The molecule has 138 valence electrons. The van der Waals surface area contributed by atoms with Crippen LogP contribution < -0.4 is 11.1 Å². The van der Waals surface area contributed by atoms with E-state index < -0.39 is 27.4 Å². The van der Waals surface area contributed by atoms with E-state index in [-0.39, 0.29) is 27.9 Å². The minimum Gasteiger partial charge on any atom is -0.505 e. The number of fused-ring (bicyclic) bond motifs is 2. The Balaban J connectivity index is 1.77. The summed E-state index contributed by atoms with van der Waals surface area (Å²) >= 11 is 0. The van der Waals surface area contributed by atoms with Gasteiger partial charge in [-0.25, -0.2) is 18.4 Å². The SMILES string of the molecule is CN1C(C(=O)Nc2nc3ncnc(N)c3[nH]2)=C(O)c2ccccc2S1(=O)=O. The number of likely N-dealkylation sites (N-methyl/N-ethyl adjacent to an activating group) is 1. The summed E-state index contributed by atoms with van der Waals surface area (Å²) in [4.78, 5) is 27.1. The van der Waals surface area contributed by atoms with Crippen LogP contribution in [0.25, 0.3) is 16.9 Å². The summed E-state index contributed by atoms with van der Waals surface area (Å²) in [6.45, 7) is 0. The number of rotatable bonds is 2. The third-order valence-electron chi connectivity index (χ3n) is 4.08. The van der Waals surface area contributed by atoms with E-state index in [0.717, 1.165) is 4.31 Å². The molecule has 0 radical (unpaired) electrons. The summed E-state index contributed by atoms with van der Waals surface area (Å²) in [5.41, 5.74) is 5.86. The molecule has 1 aliphatic heterocycles. The predicted molar refractivity (Wildman–Crippen MR) is 95.7 cm³/mol. The molecule has 4 rings (SSSR count). The van der Waals surface area contributed by atoms with E-state index in [1.54, 1.807) is 6.07 Å². The topological polar surface area (TPSA) is 167 Å². The van der Waals surface area contributed by atoms with Crippen LogP contribution in [0.3, 0.4) is 0 Å². The molecule has 1 aromatic carbocycles. The number of benzene rings is 1. The number of nitrogens with zero attached hydrogens (tertiary/aromatic N) is 4. The van der Waals surface area contributed by atoms with Gasteiger partial charge in [0.15, 0.2) is 22.9 Å². The number of nitrogens with one attached hydrogen (secondary N) is 2. The van der Waals surface area contributed by atoms with Gasteiger partial charge in [-0.1, -0.05) is 12.1 Å². The molecule has 3 aromatic rings. The number of imidazole rings is 1. The van der Waals surface area contributed by atoms with Crippen LogP contribution in [0.2, 0.25) is 0 Å². The number of aliphatic hydroxyl groups is 1. The molecule has 3 heterocycles. The Kier molecular flexibility index (Phi) is 3.52. The molecule has 1 aliphatic rings. The summed E-state index contributed by atoms with van der Waals surface area (Å²) in [6.07, 6.45) is 1.22. The van der Waals surface area contributed by atoms with Gasteiger partial charge in [0, 0.05) is 12.6 Å². The molecule has 0 unspecified atom stereocenters. The van der Waals surface area contributed by atoms with E-state index >= 15 is 0 Å². The second-order valence-electron chi connectivity index (χ2n) is 5.66. The first kappa shape index (κ1) is 16.8. The number of amides is 1. The van der Waals surface area contributed by atoms with Crippen LogP contribution >= 0.6 is 0 Å². The Morgan fingerprint density at radius 2 is 2.04 bits per heavy atom. The highest BCUT2D eigenvalue weighted by Gasteiger charge is 2.37. The van der Waals surface area contributed by atoms with Crippen molar-refractivity contribution in [2.24, 2.45) is 0 Å². The molecule has 11 nitrogen and oxygen atoms in total. The lowest BCUT2D eigenvalue weighted by molar-refractivity contribution is -0.113. The van der Waals surface area contributed by atoms with Crippen molar-refractivity contribution >= 4 is 44.6 Å². The number of hydrogen-bond acceptors (Lipinski definition) is 8. The van der Waals surface area contributed by atoms with Gasteiger partial charge in [-0.05, 0) is 12.1 Å². The number of carbonyl (C=O) groups is 1. The van der Waals surface area contributed by atoms with Gasteiger partial charge >= 0.3 is 0 Å². The van der Waals surface area contributed by atoms with Crippen molar-refractivity contribution in [2.75, 3.05) is 18.1 Å². The van der Waals surface area contributed by atoms with E-state index in [1.807, 2.05) is 0 Å². The Hall–Kier alpha value is -3.67. The second kappa shape index (κ2) is 5.67. The largest absolute Gasteiger partial charge is 0.505 e. The lowest BCUT2D eigenvalue weighted by Gasteiger charge is -2.28. The van der Waals surface area contributed by atoms with Crippen molar-refractivity contribution in [1.29, 1.82) is 0 Å². The van der Waals surface area contributed by atoms with Gasteiger partial charge in [0.2, 0.25) is 5.95 Å². The maximum Gasteiger partial charge on any atom is 0.279 e. The first-order chi connectivity index (χ1) is 12.8. The molecule has 0 aliphatic carbocycles. The molecule has 0 fully saturated rings. The molecule has 0 saturated carbocycles. The molecule has 0 saturated heterocycles. The number of nitrogens with two attached hydrogens (primary N) is 1. The number of aromatic nitrogens is 4. The maximum absolute atomic E-state index is 12.7. The van der Waals surface area contributed by atoms with Crippen molar-refractivity contribution in [3.05, 3.63) is 41.9 Å². The van der Waals surface area contributed by atoms with Gasteiger partial charge in [-0.3, -0.25) is 14.4 Å². The quantitative estimate of drug-likeness (QED) is 0.491. The number of aromatic amines is 1. The summed E-state index contributed by atoms with van der Waals surface area (Å²) in [7, 11) is -2.81. The molecule has 5 N–H and O–H groups in total. The highest BCUT2D eigenvalue weighted by Crippen LogP contribution is 2.34. The lowest BCUT2D eigenvalue weighted by Crippen LogP contribution is -2.37. The van der Waals surface area contributed by atoms with E-state index in [2.05, 4.69) is 25.3 Å². The minimum atomic E-state index is -3.99. The average molecular weight is 387 g/mol. The Morgan fingerprint density at radius 1 is 1.30 bits per heavy atom. The standard InChI is InChI=1S/C15H13N7O4S/c1-22-10(11(23)7-4-2-3-5-8(7)27(22,25)26)14(24)21-15-19-9-12(16)17-6-18-13(9)20-15/h2-6,23H,1H3,(H4,16,17,18,19,20,21,24). The van der Waals surface area contributed by atoms with Crippen LogP contribution in [-0.4, -0.2) is 50.7 Å². The smallest absolute Gasteiger partial charge is 0.279 e. The van der Waals surface area contributed by atoms with E-state index in [1.165, 1.54) is 31.6 Å². The van der Waals surface area contributed by atoms with Gasteiger partial charge in [-0.15, -0.1) is 0 Å². The number of aliphatic hydroxyl groups excluding tert-OH is 1. The van der Waals surface area contributed by atoms with Crippen LogP contribution in [0.4, 0.5) is 11.8 Å². The number of anilines is 2. The molecular weight excluding hydrogens is 374 g/mol. The van der Waals surface area contributed by atoms with Gasteiger partial charge < -0.3 is 15.8 Å². The zero-order valence-electron chi connectivity index (χ0n) is 13.8. The van der Waals surface area contributed by atoms with Crippen LogP contribution in [0.15, 0.2) is 41.2 Å². The van der Waals surface area contributed by atoms with Gasteiger partial charge in [0.05, 0.1) is 4.90 Å². The lowest BCUT2D eigenvalue weighted by atomic mass is 10.1. The molecular formula is C15H13N7O4S.